The van der Waals surface area contributed by atoms with Crippen molar-refractivity contribution in [1.29, 1.82) is 0 Å². The Kier molecular flexibility index (Phi) is 6.33. The summed E-state index contributed by atoms with van der Waals surface area (Å²) < 4.78 is 26.3. The summed E-state index contributed by atoms with van der Waals surface area (Å²) >= 11 is 12.3. The molecule has 4 rings (SSSR count). The number of rotatable bonds is 5. The van der Waals surface area contributed by atoms with E-state index in [1.165, 1.54) is 12.1 Å². The number of hydrogen-bond donors (Lipinski definition) is 3. The van der Waals surface area contributed by atoms with Crippen LogP contribution in [0.25, 0.3) is 11.6 Å². The van der Waals surface area contributed by atoms with E-state index < -0.39 is 9.84 Å². The molecule has 1 aliphatic rings. The number of fused-ring (bicyclic) bond motifs is 1. The van der Waals surface area contributed by atoms with E-state index in [0.29, 0.717) is 39.3 Å². The van der Waals surface area contributed by atoms with Crippen LogP contribution in [0.2, 0.25) is 10.0 Å². The van der Waals surface area contributed by atoms with Crippen molar-refractivity contribution < 1.29 is 18.0 Å². The summed E-state index contributed by atoms with van der Waals surface area (Å²) in [6.45, 7) is 3.55. The highest BCUT2D eigenvalue weighted by atomic mass is 35.5. The van der Waals surface area contributed by atoms with Crippen molar-refractivity contribution in [2.45, 2.75) is 24.5 Å². The molecule has 0 radical (unpaired) electrons. The number of hydrogen-bond acceptors (Lipinski definition) is 4. The van der Waals surface area contributed by atoms with Crippen molar-refractivity contribution in [1.82, 2.24) is 10.3 Å². The zero-order valence-electron chi connectivity index (χ0n) is 18.5. The molecule has 0 saturated carbocycles. The largest absolute Gasteiger partial charge is 0.358 e. The molecule has 0 aliphatic carbocycles. The molecule has 0 atom stereocenters. The monoisotopic (exact) mass is 517 g/mol. The van der Waals surface area contributed by atoms with Crippen LogP contribution < -0.4 is 10.6 Å². The number of nitrogens with one attached hydrogen (secondary N) is 3. The van der Waals surface area contributed by atoms with Gasteiger partial charge in [0.05, 0.1) is 21.8 Å². The van der Waals surface area contributed by atoms with E-state index in [4.69, 9.17) is 23.2 Å². The molecular weight excluding hydrogens is 497 g/mol. The van der Waals surface area contributed by atoms with Gasteiger partial charge in [0.15, 0.2) is 9.84 Å². The van der Waals surface area contributed by atoms with Crippen LogP contribution in [0.4, 0.5) is 5.69 Å². The molecule has 10 heteroatoms. The highest BCUT2D eigenvalue weighted by Crippen LogP contribution is 2.37. The lowest BCUT2D eigenvalue weighted by atomic mass is 10.0. The van der Waals surface area contributed by atoms with Crippen LogP contribution in [0.15, 0.2) is 41.3 Å². The van der Waals surface area contributed by atoms with E-state index in [-0.39, 0.29) is 38.1 Å². The third-order valence-electron chi connectivity index (χ3n) is 5.75. The molecule has 7 nitrogen and oxygen atoms in total. The van der Waals surface area contributed by atoms with Crippen LogP contribution in [0, 0.1) is 13.8 Å². The number of carbonyl (C=O) groups is 2. The lowest BCUT2D eigenvalue weighted by Crippen LogP contribution is -2.19. The summed E-state index contributed by atoms with van der Waals surface area (Å²) in [5, 5.41) is 5.88. The third kappa shape index (κ3) is 4.24. The summed E-state index contributed by atoms with van der Waals surface area (Å²) in [6.07, 6.45) is 1.62. The molecule has 0 fully saturated rings. The van der Waals surface area contributed by atoms with Gasteiger partial charge in [-0.1, -0.05) is 29.3 Å². The Labute approximate surface area is 207 Å². The Morgan fingerprint density at radius 1 is 1.12 bits per heavy atom. The number of aryl methyl sites for hydroxylation is 1. The number of carbonyl (C=O) groups excluding carboxylic acids is 2. The van der Waals surface area contributed by atoms with Gasteiger partial charge < -0.3 is 15.6 Å². The molecule has 3 aromatic rings. The van der Waals surface area contributed by atoms with Crippen molar-refractivity contribution in [3.8, 4) is 0 Å². The fourth-order valence-electron chi connectivity index (χ4n) is 3.98. The lowest BCUT2D eigenvalue weighted by molar-refractivity contribution is -0.110. The lowest BCUT2D eigenvalue weighted by Gasteiger charge is -2.10. The van der Waals surface area contributed by atoms with Crippen LogP contribution in [-0.2, 0) is 20.4 Å². The third-order valence-corrected chi connectivity index (χ3v) is 8.10. The fourth-order valence-corrected chi connectivity index (χ4v) is 6.10. The number of amides is 2. The minimum absolute atomic E-state index is 0.0371. The zero-order valence-corrected chi connectivity index (χ0v) is 20.9. The van der Waals surface area contributed by atoms with Crippen molar-refractivity contribution in [3.05, 3.63) is 80.1 Å². The maximum atomic E-state index is 13.2. The highest BCUT2D eigenvalue weighted by molar-refractivity contribution is 7.90. The second-order valence-corrected chi connectivity index (χ2v) is 10.7. The van der Waals surface area contributed by atoms with Gasteiger partial charge in [-0.05, 0) is 55.8 Å². The fraction of sp³-hybridized carbons (Fsp3) is 0.167. The molecule has 34 heavy (non-hydrogen) atoms. The predicted molar refractivity (Wildman–Crippen MR) is 134 cm³/mol. The first-order valence-corrected chi connectivity index (χ1v) is 12.7. The smallest absolute Gasteiger partial charge is 0.256 e. The number of aromatic nitrogens is 1. The van der Waals surface area contributed by atoms with Crippen molar-refractivity contribution in [2.24, 2.45) is 0 Å². The number of H-pyrrole nitrogens is 1. The maximum absolute atomic E-state index is 13.2. The molecule has 1 aliphatic heterocycles. The predicted octanol–water partition coefficient (Wildman–Crippen LogP) is 4.76. The van der Waals surface area contributed by atoms with E-state index in [1.54, 1.807) is 51.2 Å². The average molecular weight is 518 g/mol. The second kappa shape index (κ2) is 8.94. The van der Waals surface area contributed by atoms with Crippen LogP contribution in [-0.4, -0.2) is 32.3 Å². The number of anilines is 1. The SMILES string of the molecule is CNC(=O)c1c(C)[nH]c(/C=C2\C(=O)Nc3ccc(S(=O)(=O)Cc4c(Cl)cccc4Cl)cc32)c1C. The summed E-state index contributed by atoms with van der Waals surface area (Å²) in [5.74, 6) is -0.986. The maximum Gasteiger partial charge on any atom is 0.256 e. The molecule has 0 saturated heterocycles. The molecule has 2 amide bonds. The average Bonchev–Trinajstić information content (AvgIpc) is 3.25. The second-order valence-electron chi connectivity index (χ2n) is 7.92. The molecule has 0 unspecified atom stereocenters. The summed E-state index contributed by atoms with van der Waals surface area (Å²) in [5.41, 5.74) is 3.98. The molecular formula is C24H21Cl2N3O4S. The molecule has 1 aromatic heterocycles. The Hall–Kier alpha value is -3.07. The van der Waals surface area contributed by atoms with Crippen molar-refractivity contribution in [2.75, 3.05) is 12.4 Å². The van der Waals surface area contributed by atoms with E-state index in [2.05, 4.69) is 15.6 Å². The van der Waals surface area contributed by atoms with Gasteiger partial charge in [0.2, 0.25) is 0 Å². The van der Waals surface area contributed by atoms with Crippen molar-refractivity contribution >= 4 is 62.2 Å². The minimum Gasteiger partial charge on any atom is -0.358 e. The molecule has 0 bridgehead atoms. The van der Waals surface area contributed by atoms with Crippen LogP contribution >= 0.6 is 23.2 Å². The van der Waals surface area contributed by atoms with Gasteiger partial charge in [0, 0.05) is 45.3 Å². The Morgan fingerprint density at radius 2 is 1.79 bits per heavy atom. The molecule has 176 valence electrons. The normalized spacial score (nSPS) is 14.3. The minimum atomic E-state index is -3.81. The van der Waals surface area contributed by atoms with Gasteiger partial charge in [-0.15, -0.1) is 0 Å². The van der Waals surface area contributed by atoms with Gasteiger partial charge in [0.25, 0.3) is 11.8 Å². The van der Waals surface area contributed by atoms with Gasteiger partial charge in [-0.2, -0.15) is 0 Å². The standard InChI is InChI=1S/C24H21Cl2N3O4S/c1-12-21(28-13(2)22(12)24(31)27-3)10-16-15-9-14(7-8-20(15)29-23(16)30)34(32,33)11-17-18(25)5-4-6-19(17)26/h4-10,28H,11H2,1-3H3,(H,27,31)(H,29,30)/b16-10-. The van der Waals surface area contributed by atoms with E-state index >= 15 is 0 Å². The first kappa shape index (κ1) is 24.1. The van der Waals surface area contributed by atoms with Gasteiger partial charge >= 0.3 is 0 Å². The van der Waals surface area contributed by atoms with Gasteiger partial charge in [0.1, 0.15) is 0 Å². The van der Waals surface area contributed by atoms with E-state index in [1.807, 2.05) is 0 Å². The first-order valence-electron chi connectivity index (χ1n) is 10.3. The van der Waals surface area contributed by atoms with Crippen molar-refractivity contribution in [3.63, 3.8) is 0 Å². The topological polar surface area (TPSA) is 108 Å². The summed E-state index contributed by atoms with van der Waals surface area (Å²) in [7, 11) is -2.27. The van der Waals surface area contributed by atoms with Gasteiger partial charge in [-0.25, -0.2) is 8.42 Å². The summed E-state index contributed by atoms with van der Waals surface area (Å²) in [6, 6.07) is 9.26. The molecule has 2 heterocycles. The quantitative estimate of drug-likeness (QED) is 0.423. The Bertz CT molecular complexity index is 1470. The number of aromatic amines is 1. The highest BCUT2D eigenvalue weighted by Gasteiger charge is 2.28. The number of halogens is 2. The summed E-state index contributed by atoms with van der Waals surface area (Å²) in [4.78, 5) is 28.1. The van der Waals surface area contributed by atoms with E-state index in [0.717, 1.165) is 0 Å². The number of benzene rings is 2. The van der Waals surface area contributed by atoms with Gasteiger partial charge in [-0.3, -0.25) is 9.59 Å². The van der Waals surface area contributed by atoms with Crippen LogP contribution in [0.3, 0.4) is 0 Å². The zero-order chi connectivity index (χ0) is 24.8. The molecule has 0 spiro atoms. The van der Waals surface area contributed by atoms with Crippen LogP contribution in [0.1, 0.15) is 38.4 Å². The Balaban J connectivity index is 1.76. The molecule has 3 N–H and O–H groups in total. The molecule has 2 aromatic carbocycles. The van der Waals surface area contributed by atoms with Crippen LogP contribution in [0.5, 0.6) is 0 Å². The number of sulfone groups is 1. The van der Waals surface area contributed by atoms with E-state index in [9.17, 15) is 18.0 Å². The Morgan fingerprint density at radius 3 is 2.44 bits per heavy atom. The first-order chi connectivity index (χ1) is 16.0.